The summed E-state index contributed by atoms with van der Waals surface area (Å²) < 4.78 is 52.1. The van der Waals surface area contributed by atoms with Crippen molar-refractivity contribution in [3.63, 3.8) is 0 Å². The van der Waals surface area contributed by atoms with E-state index in [2.05, 4.69) is 5.32 Å². The second-order valence-electron chi connectivity index (χ2n) is 8.24. The molecule has 0 aliphatic rings. The molecule has 9 heteroatoms. The van der Waals surface area contributed by atoms with Gasteiger partial charge in [0.1, 0.15) is 11.1 Å². The minimum atomic E-state index is -4.77. The minimum absolute atomic E-state index is 0.0266. The molecular weight excluding hydrogens is 461 g/mol. The Hall–Kier alpha value is -3.56. The van der Waals surface area contributed by atoms with Gasteiger partial charge in [-0.05, 0) is 29.7 Å². The highest BCUT2D eigenvalue weighted by Crippen LogP contribution is 2.44. The topological polar surface area (TPSA) is 93.8 Å². The van der Waals surface area contributed by atoms with Crippen molar-refractivity contribution in [2.24, 2.45) is 5.73 Å². The van der Waals surface area contributed by atoms with Crippen molar-refractivity contribution >= 4 is 11.6 Å². The van der Waals surface area contributed by atoms with Crippen molar-refractivity contribution in [2.75, 3.05) is 25.6 Å². The average Bonchev–Trinajstić information content (AvgIpc) is 2.84. The van der Waals surface area contributed by atoms with Crippen molar-refractivity contribution in [3.8, 4) is 22.6 Å². The van der Waals surface area contributed by atoms with Gasteiger partial charge in [-0.3, -0.25) is 4.79 Å². The summed E-state index contributed by atoms with van der Waals surface area (Å²) in [5.41, 5.74) is 5.69. The van der Waals surface area contributed by atoms with E-state index < -0.39 is 35.5 Å². The first-order valence-corrected chi connectivity index (χ1v) is 10.8. The molecule has 0 spiro atoms. The number of hydrogen-bond donors (Lipinski definition) is 3. The van der Waals surface area contributed by atoms with Crippen molar-refractivity contribution in [3.05, 3.63) is 77.9 Å². The van der Waals surface area contributed by atoms with Gasteiger partial charge in [0, 0.05) is 18.2 Å². The summed E-state index contributed by atoms with van der Waals surface area (Å²) >= 11 is 0. The average molecular weight is 489 g/mol. The zero-order chi connectivity index (χ0) is 25.6. The molecule has 0 unspecified atom stereocenters. The van der Waals surface area contributed by atoms with E-state index in [1.807, 2.05) is 54.6 Å². The zero-order valence-corrected chi connectivity index (χ0v) is 19.4. The van der Waals surface area contributed by atoms with Crippen LogP contribution in [0.2, 0.25) is 0 Å². The summed E-state index contributed by atoms with van der Waals surface area (Å²) in [6.07, 6.45) is -4.40. The minimum Gasteiger partial charge on any atom is -0.493 e. The molecular formula is C26H27F3N2O4. The number of amides is 1. The summed E-state index contributed by atoms with van der Waals surface area (Å²) in [4.78, 5) is 12.2. The van der Waals surface area contributed by atoms with E-state index in [4.69, 9.17) is 15.2 Å². The molecule has 3 aromatic rings. The number of carbonyl (C=O) groups excluding carboxylic acids is 1. The standard InChI is InChI=1S/C26H27F3N2O4/c1-25(30,16-32)24(33)31-20-14-21(26(27,28)29)23(22(15-20)34-2)35-13-12-17-8-10-19(11-9-17)18-6-4-3-5-7-18/h3-11,14-15,32H,12-13,16,30H2,1-2H3,(H,31,33)/t25-/m0/s1. The second kappa shape index (κ2) is 10.8. The monoisotopic (exact) mass is 488 g/mol. The van der Waals surface area contributed by atoms with Gasteiger partial charge < -0.3 is 25.6 Å². The summed E-state index contributed by atoms with van der Waals surface area (Å²) in [5.74, 6) is -1.52. The number of methoxy groups -OCH3 is 1. The number of aliphatic hydroxyl groups is 1. The lowest BCUT2D eigenvalue weighted by atomic mass is 10.0. The summed E-state index contributed by atoms with van der Waals surface area (Å²) in [5, 5.41) is 11.5. The van der Waals surface area contributed by atoms with Crippen LogP contribution in [-0.4, -0.2) is 36.9 Å². The highest BCUT2D eigenvalue weighted by atomic mass is 19.4. The number of hydrogen-bond acceptors (Lipinski definition) is 5. The van der Waals surface area contributed by atoms with Gasteiger partial charge in [0.05, 0.1) is 20.3 Å². The van der Waals surface area contributed by atoms with Crippen LogP contribution in [0.1, 0.15) is 18.1 Å². The van der Waals surface area contributed by atoms with Gasteiger partial charge in [-0.2, -0.15) is 13.2 Å². The van der Waals surface area contributed by atoms with E-state index in [9.17, 15) is 23.1 Å². The molecule has 0 radical (unpaired) electrons. The number of benzene rings is 3. The van der Waals surface area contributed by atoms with E-state index in [1.165, 1.54) is 20.1 Å². The zero-order valence-electron chi connectivity index (χ0n) is 19.4. The molecule has 0 saturated carbocycles. The molecule has 4 N–H and O–H groups in total. The van der Waals surface area contributed by atoms with Crippen molar-refractivity contribution < 1.29 is 32.5 Å². The van der Waals surface area contributed by atoms with Crippen molar-refractivity contribution in [1.82, 2.24) is 0 Å². The molecule has 0 fully saturated rings. The maximum absolute atomic E-state index is 13.8. The number of alkyl halides is 3. The first-order chi connectivity index (χ1) is 16.5. The number of halogens is 3. The van der Waals surface area contributed by atoms with Crippen molar-refractivity contribution in [1.29, 1.82) is 0 Å². The van der Waals surface area contributed by atoms with Crippen LogP contribution < -0.4 is 20.5 Å². The third-order valence-electron chi connectivity index (χ3n) is 5.38. The molecule has 0 bridgehead atoms. The first kappa shape index (κ1) is 26.1. The molecule has 0 heterocycles. The molecule has 6 nitrogen and oxygen atoms in total. The van der Waals surface area contributed by atoms with Crippen LogP contribution in [0.3, 0.4) is 0 Å². The van der Waals surface area contributed by atoms with Crippen LogP contribution in [0.5, 0.6) is 11.5 Å². The Labute approximate surface area is 201 Å². The Kier molecular flexibility index (Phi) is 8.03. The summed E-state index contributed by atoms with van der Waals surface area (Å²) in [6.45, 7) is 0.547. The predicted molar refractivity (Wildman–Crippen MR) is 127 cm³/mol. The highest BCUT2D eigenvalue weighted by Gasteiger charge is 2.37. The smallest absolute Gasteiger partial charge is 0.420 e. The second-order valence-corrected chi connectivity index (χ2v) is 8.24. The predicted octanol–water partition coefficient (Wildman–Crippen LogP) is 4.65. The third kappa shape index (κ3) is 6.52. The fraction of sp³-hybridized carbons (Fsp3) is 0.269. The number of aliphatic hydroxyl groups excluding tert-OH is 1. The lowest BCUT2D eigenvalue weighted by Gasteiger charge is -2.22. The third-order valence-corrected chi connectivity index (χ3v) is 5.38. The van der Waals surface area contributed by atoms with Crippen LogP contribution in [0.4, 0.5) is 18.9 Å². The summed E-state index contributed by atoms with van der Waals surface area (Å²) in [6, 6.07) is 19.5. The van der Waals surface area contributed by atoms with E-state index in [-0.39, 0.29) is 18.0 Å². The molecule has 0 aliphatic carbocycles. The largest absolute Gasteiger partial charge is 0.493 e. The Morgan fingerprint density at radius 1 is 1.03 bits per heavy atom. The van der Waals surface area contributed by atoms with Gasteiger partial charge in [-0.1, -0.05) is 54.6 Å². The van der Waals surface area contributed by atoms with Crippen LogP contribution in [0, 0.1) is 0 Å². The number of anilines is 1. The van der Waals surface area contributed by atoms with Crippen LogP contribution in [0.15, 0.2) is 66.7 Å². The van der Waals surface area contributed by atoms with E-state index in [1.54, 1.807) is 0 Å². The molecule has 1 amide bonds. The number of nitrogens with one attached hydrogen (secondary N) is 1. The summed E-state index contributed by atoms with van der Waals surface area (Å²) in [7, 11) is 1.21. The molecule has 186 valence electrons. The molecule has 3 aromatic carbocycles. The number of carbonyl (C=O) groups is 1. The lowest BCUT2D eigenvalue weighted by molar-refractivity contribution is -0.139. The molecule has 3 rings (SSSR count). The molecule has 0 aromatic heterocycles. The quantitative estimate of drug-likeness (QED) is 0.408. The Balaban J connectivity index is 1.77. The maximum atomic E-state index is 13.8. The maximum Gasteiger partial charge on any atom is 0.420 e. The van der Waals surface area contributed by atoms with Gasteiger partial charge >= 0.3 is 6.18 Å². The Morgan fingerprint density at radius 2 is 1.66 bits per heavy atom. The number of nitrogens with two attached hydrogens (primary N) is 1. The molecule has 1 atom stereocenters. The number of ether oxygens (including phenoxy) is 2. The van der Waals surface area contributed by atoms with E-state index in [0.717, 1.165) is 22.8 Å². The first-order valence-electron chi connectivity index (χ1n) is 10.8. The van der Waals surface area contributed by atoms with Gasteiger partial charge in [-0.15, -0.1) is 0 Å². The van der Waals surface area contributed by atoms with Gasteiger partial charge in [-0.25, -0.2) is 0 Å². The highest BCUT2D eigenvalue weighted by molar-refractivity contribution is 5.98. The fourth-order valence-corrected chi connectivity index (χ4v) is 3.30. The Morgan fingerprint density at radius 3 is 2.23 bits per heavy atom. The van der Waals surface area contributed by atoms with Gasteiger partial charge in [0.2, 0.25) is 5.91 Å². The van der Waals surface area contributed by atoms with E-state index in [0.29, 0.717) is 6.42 Å². The van der Waals surface area contributed by atoms with Crippen LogP contribution >= 0.6 is 0 Å². The molecule has 0 aliphatic heterocycles. The lowest BCUT2D eigenvalue weighted by Crippen LogP contribution is -2.51. The molecule has 0 saturated heterocycles. The number of rotatable bonds is 9. The fourth-order valence-electron chi connectivity index (χ4n) is 3.30. The van der Waals surface area contributed by atoms with Crippen LogP contribution in [-0.2, 0) is 17.4 Å². The van der Waals surface area contributed by atoms with Gasteiger partial charge in [0.25, 0.3) is 0 Å². The Bertz CT molecular complexity index is 1150. The normalized spacial score (nSPS) is 13.1. The van der Waals surface area contributed by atoms with Crippen molar-refractivity contribution in [2.45, 2.75) is 25.1 Å². The van der Waals surface area contributed by atoms with Crippen LogP contribution in [0.25, 0.3) is 11.1 Å². The van der Waals surface area contributed by atoms with E-state index >= 15 is 0 Å². The van der Waals surface area contributed by atoms with Gasteiger partial charge in [0.15, 0.2) is 11.5 Å². The molecule has 35 heavy (non-hydrogen) atoms. The SMILES string of the molecule is COc1cc(NC(=O)[C@@](C)(N)CO)cc(C(F)(F)F)c1OCCc1ccc(-c2ccccc2)cc1.